The number of Topliss-reactive ketones (excluding diaryl/α,β-unsaturated/α-hetero) is 2. The molecule has 33 heavy (non-hydrogen) atoms. The first-order valence-corrected chi connectivity index (χ1v) is 10.5. The first-order chi connectivity index (χ1) is 15.5. The molecule has 0 saturated carbocycles. The number of nitrogens with one attached hydrogen (secondary N) is 1. The molecule has 2 aromatic rings. The molecule has 3 N–H and O–H groups in total. The molecule has 4 rings (SSSR count). The number of pyridine rings is 1. The van der Waals surface area contributed by atoms with Crippen LogP contribution >= 0.6 is 0 Å². The minimum Gasteiger partial charge on any atom is -0.507 e. The van der Waals surface area contributed by atoms with Crippen molar-refractivity contribution in [1.29, 1.82) is 0 Å². The minimum absolute atomic E-state index is 0.00428. The number of rotatable bonds is 4. The Morgan fingerprint density at radius 3 is 2.48 bits per heavy atom. The Morgan fingerprint density at radius 1 is 1.18 bits per heavy atom. The van der Waals surface area contributed by atoms with Crippen LogP contribution in [0.5, 0.6) is 17.2 Å². The molecule has 0 unspecified atom stereocenters. The number of phenols is 2. The fourth-order valence-corrected chi connectivity index (χ4v) is 4.47. The molecule has 8 heteroatoms. The van der Waals surface area contributed by atoms with Crippen LogP contribution in [-0.2, 0) is 15.0 Å². The van der Waals surface area contributed by atoms with E-state index >= 15 is 0 Å². The summed E-state index contributed by atoms with van der Waals surface area (Å²) >= 11 is 0. The van der Waals surface area contributed by atoms with Crippen molar-refractivity contribution in [3.63, 3.8) is 0 Å². The molecule has 8 nitrogen and oxygen atoms in total. The molecule has 1 aromatic heterocycles. The summed E-state index contributed by atoms with van der Waals surface area (Å²) in [5, 5.41) is 24.5. The van der Waals surface area contributed by atoms with E-state index in [9.17, 15) is 24.6 Å². The van der Waals surface area contributed by atoms with E-state index in [0.717, 1.165) is 5.69 Å². The third kappa shape index (κ3) is 3.13. The number of aromatic hydroxyl groups is 2. The van der Waals surface area contributed by atoms with Crippen molar-refractivity contribution in [1.82, 2.24) is 10.3 Å². The van der Waals surface area contributed by atoms with Gasteiger partial charge < -0.3 is 20.3 Å². The zero-order valence-corrected chi connectivity index (χ0v) is 18.9. The molecule has 170 valence electrons. The predicted octanol–water partition coefficient (Wildman–Crippen LogP) is 3.31. The highest BCUT2D eigenvalue weighted by Gasteiger charge is 2.56. The Hall–Kier alpha value is -3.94. The fraction of sp³-hybridized carbons (Fsp3) is 0.280. The third-order valence-electron chi connectivity index (χ3n) is 6.32. The van der Waals surface area contributed by atoms with Crippen molar-refractivity contribution in [2.24, 2.45) is 0 Å². The van der Waals surface area contributed by atoms with Crippen molar-refractivity contribution in [3.8, 4) is 17.2 Å². The van der Waals surface area contributed by atoms with Crippen LogP contribution in [0.4, 0.5) is 0 Å². The van der Waals surface area contributed by atoms with E-state index in [1.807, 2.05) is 19.1 Å². The maximum absolute atomic E-state index is 13.8. The molecule has 1 aromatic carbocycles. The lowest BCUT2D eigenvalue weighted by Gasteiger charge is -2.29. The number of aromatic nitrogens is 1. The number of hydrogen-bond donors (Lipinski definition) is 3. The molecule has 0 spiro atoms. The normalized spacial score (nSPS) is 21.5. The van der Waals surface area contributed by atoms with E-state index in [-0.39, 0.29) is 45.6 Å². The summed E-state index contributed by atoms with van der Waals surface area (Å²) in [6.45, 7) is 7.72. The van der Waals surface area contributed by atoms with Gasteiger partial charge in [0.15, 0.2) is 17.3 Å². The van der Waals surface area contributed by atoms with Gasteiger partial charge in [0.1, 0.15) is 34.0 Å². The van der Waals surface area contributed by atoms with E-state index in [1.54, 1.807) is 19.2 Å². The molecular formula is C25H24N2O6. The van der Waals surface area contributed by atoms with E-state index in [4.69, 9.17) is 4.74 Å². The zero-order chi connectivity index (χ0) is 24.2. The number of ether oxygens (including phenoxy) is 1. The van der Waals surface area contributed by atoms with Crippen LogP contribution in [0.25, 0.3) is 0 Å². The maximum atomic E-state index is 13.8. The number of carbonyl (C=O) groups excluding carboxylic acids is 3. The van der Waals surface area contributed by atoms with Gasteiger partial charge in [-0.1, -0.05) is 6.07 Å². The topological polar surface area (TPSA) is 126 Å². The van der Waals surface area contributed by atoms with Crippen LogP contribution in [0.2, 0.25) is 0 Å². The van der Waals surface area contributed by atoms with E-state index in [0.29, 0.717) is 5.70 Å². The van der Waals surface area contributed by atoms with Gasteiger partial charge in [-0.2, -0.15) is 0 Å². The molecular weight excluding hydrogens is 424 g/mol. The van der Waals surface area contributed by atoms with Gasteiger partial charge in [0.25, 0.3) is 0 Å². The highest BCUT2D eigenvalue weighted by atomic mass is 16.5. The highest BCUT2D eigenvalue weighted by molar-refractivity contribution is 6.31. The number of benzene rings is 1. The number of allylic oxidation sites excluding steroid dienone is 4. The Kier molecular flexibility index (Phi) is 5.11. The average Bonchev–Trinajstić information content (AvgIpc) is 3.05. The van der Waals surface area contributed by atoms with Gasteiger partial charge in [-0.3, -0.25) is 19.4 Å². The number of carbonyl (C=O) groups is 3. The van der Waals surface area contributed by atoms with Crippen molar-refractivity contribution in [2.75, 3.05) is 0 Å². The quantitative estimate of drug-likeness (QED) is 0.370. The predicted molar refractivity (Wildman–Crippen MR) is 119 cm³/mol. The molecule has 1 aliphatic heterocycles. The Labute approximate surface area is 190 Å². The molecule has 0 fully saturated rings. The van der Waals surface area contributed by atoms with Gasteiger partial charge in [-0.25, -0.2) is 0 Å². The molecule has 2 atom stereocenters. The molecule has 0 bridgehead atoms. The fourth-order valence-electron chi connectivity index (χ4n) is 4.47. The van der Waals surface area contributed by atoms with Gasteiger partial charge in [0.2, 0.25) is 0 Å². The van der Waals surface area contributed by atoms with Gasteiger partial charge in [0.05, 0.1) is 22.9 Å². The maximum Gasteiger partial charge on any atom is 0.194 e. The van der Waals surface area contributed by atoms with Crippen LogP contribution in [0.15, 0.2) is 47.5 Å². The van der Waals surface area contributed by atoms with Crippen molar-refractivity contribution >= 4 is 17.3 Å². The second-order valence-corrected chi connectivity index (χ2v) is 8.51. The van der Waals surface area contributed by atoms with Gasteiger partial charge in [0, 0.05) is 23.5 Å². The van der Waals surface area contributed by atoms with Crippen molar-refractivity contribution in [3.05, 3.63) is 69.9 Å². The molecule has 1 aliphatic carbocycles. The van der Waals surface area contributed by atoms with E-state index in [1.165, 1.54) is 26.8 Å². The average molecular weight is 448 g/mol. The van der Waals surface area contributed by atoms with Crippen molar-refractivity contribution in [2.45, 2.75) is 46.1 Å². The smallest absolute Gasteiger partial charge is 0.194 e. The summed E-state index contributed by atoms with van der Waals surface area (Å²) in [4.78, 5) is 43.3. The minimum atomic E-state index is -1.54. The Bertz CT molecular complexity index is 1290. The lowest BCUT2D eigenvalue weighted by molar-refractivity contribution is -0.123. The standard InChI is InChI=1S/C25H24N2O6/c1-11-21(30)19(14(4)28)23-20(22(11)31)25(5)17(33-23)10-16(29)18(24(25)32)13(3)27-12(2)15-8-6-7-9-26-15/h6-10,12,27,30-31H,1-5H3/b18-13+/t12-,25+/m1/s1. The SMILES string of the molecule is CC(=O)c1c(O)c(C)c(O)c2c1OC1=CC(=O)/C(=C(/C)N[C@H](C)c3ccccn3)C(=O)[C@@]12C. The van der Waals surface area contributed by atoms with Crippen molar-refractivity contribution < 1.29 is 29.3 Å². The lowest BCUT2D eigenvalue weighted by atomic mass is 9.70. The first-order valence-electron chi connectivity index (χ1n) is 10.5. The largest absolute Gasteiger partial charge is 0.507 e. The summed E-state index contributed by atoms with van der Waals surface area (Å²) in [5.74, 6) is -2.49. The Balaban J connectivity index is 1.87. The number of hydrogen-bond acceptors (Lipinski definition) is 8. The van der Waals surface area contributed by atoms with Gasteiger partial charge in [-0.05, 0) is 46.8 Å². The lowest BCUT2D eigenvalue weighted by Crippen LogP contribution is -2.41. The van der Waals surface area contributed by atoms with Gasteiger partial charge in [-0.15, -0.1) is 0 Å². The summed E-state index contributed by atoms with van der Waals surface area (Å²) < 4.78 is 5.77. The summed E-state index contributed by atoms with van der Waals surface area (Å²) in [7, 11) is 0. The third-order valence-corrected chi connectivity index (χ3v) is 6.32. The second kappa shape index (κ2) is 7.58. The zero-order valence-electron chi connectivity index (χ0n) is 18.9. The number of phenolic OH excluding ortho intramolecular Hbond substituents is 2. The molecule has 0 saturated heterocycles. The van der Waals surface area contributed by atoms with Crippen LogP contribution in [0.1, 0.15) is 60.9 Å². The van der Waals surface area contributed by atoms with E-state index in [2.05, 4.69) is 10.3 Å². The summed E-state index contributed by atoms with van der Waals surface area (Å²) in [5.41, 5.74) is -0.539. The molecule has 0 radical (unpaired) electrons. The summed E-state index contributed by atoms with van der Waals surface area (Å²) in [6, 6.07) is 5.19. The molecule has 0 amide bonds. The molecule has 2 aliphatic rings. The Morgan fingerprint density at radius 2 is 1.88 bits per heavy atom. The second-order valence-electron chi connectivity index (χ2n) is 8.51. The first kappa shape index (κ1) is 22.3. The van der Waals surface area contributed by atoms with Crippen LogP contribution in [0.3, 0.4) is 0 Å². The number of nitrogens with zero attached hydrogens (tertiary/aromatic N) is 1. The van der Waals surface area contributed by atoms with Crippen LogP contribution in [-0.4, -0.2) is 32.5 Å². The van der Waals surface area contributed by atoms with Gasteiger partial charge >= 0.3 is 0 Å². The van der Waals surface area contributed by atoms with Crippen LogP contribution < -0.4 is 10.1 Å². The number of ketones is 3. The van der Waals surface area contributed by atoms with E-state index < -0.39 is 28.5 Å². The highest BCUT2D eigenvalue weighted by Crippen LogP contribution is 2.57. The summed E-state index contributed by atoms with van der Waals surface area (Å²) in [6.07, 6.45) is 2.85. The monoisotopic (exact) mass is 448 g/mol. The van der Waals surface area contributed by atoms with Crippen LogP contribution in [0, 0.1) is 6.92 Å². The number of fused-ring (bicyclic) bond motifs is 3. The molecule has 2 heterocycles.